The maximum atomic E-state index is 13.4. The first-order chi connectivity index (χ1) is 21.6. The minimum absolute atomic E-state index is 0.0434. The van der Waals surface area contributed by atoms with E-state index in [2.05, 4.69) is 67.8 Å². The Morgan fingerprint density at radius 2 is 1.58 bits per heavy atom. The van der Waals surface area contributed by atoms with Gasteiger partial charge in [-0.15, -0.1) is 0 Å². The third-order valence-electron chi connectivity index (χ3n) is 9.58. The van der Waals surface area contributed by atoms with E-state index >= 15 is 0 Å². The molecule has 0 saturated carbocycles. The van der Waals surface area contributed by atoms with Gasteiger partial charge in [0.05, 0.1) is 22.7 Å². The van der Waals surface area contributed by atoms with Crippen molar-refractivity contribution in [3.63, 3.8) is 0 Å². The van der Waals surface area contributed by atoms with Gasteiger partial charge < -0.3 is 15.5 Å². The Labute approximate surface area is 268 Å². The molecular formula is C34H47N7O3S. The van der Waals surface area contributed by atoms with Gasteiger partial charge in [0.25, 0.3) is 5.91 Å². The number of aryl methyl sites for hydroxylation is 2. The summed E-state index contributed by atoms with van der Waals surface area (Å²) >= 11 is 0. The molecule has 2 aliphatic rings. The van der Waals surface area contributed by atoms with Crippen LogP contribution in [0, 0.1) is 13.8 Å². The highest BCUT2D eigenvalue weighted by Gasteiger charge is 2.39. The Bertz CT molecular complexity index is 1510. The smallest absolute Gasteiger partial charge is 0.257 e. The van der Waals surface area contributed by atoms with Gasteiger partial charge in [-0.1, -0.05) is 42.5 Å². The highest BCUT2D eigenvalue weighted by molar-refractivity contribution is 7.89. The van der Waals surface area contributed by atoms with Gasteiger partial charge in [0, 0.05) is 63.1 Å². The fraction of sp³-hybridized carbons (Fsp3) is 0.500. The Kier molecular flexibility index (Phi) is 10.5. The van der Waals surface area contributed by atoms with Crippen LogP contribution < -0.4 is 15.4 Å². The molecule has 0 bridgehead atoms. The average Bonchev–Trinajstić information content (AvgIpc) is 3.04. The zero-order valence-corrected chi connectivity index (χ0v) is 27.6. The van der Waals surface area contributed by atoms with Gasteiger partial charge in [-0.3, -0.25) is 9.69 Å². The lowest BCUT2D eigenvalue weighted by Crippen LogP contribution is -2.58. The number of rotatable bonds is 11. The van der Waals surface area contributed by atoms with Gasteiger partial charge in [-0.2, -0.15) is 0 Å². The summed E-state index contributed by atoms with van der Waals surface area (Å²) in [5.74, 6) is -0.0334. The van der Waals surface area contributed by atoms with Gasteiger partial charge in [0.2, 0.25) is 10.0 Å². The molecule has 3 aromatic rings. The second kappa shape index (κ2) is 14.4. The maximum Gasteiger partial charge on any atom is 0.257 e. The van der Waals surface area contributed by atoms with Crippen LogP contribution in [-0.4, -0.2) is 84.2 Å². The number of anilines is 1. The number of hydrogen-bond donors (Lipinski definition) is 2. The number of likely N-dealkylation sites (tertiary alicyclic amines) is 2. The van der Waals surface area contributed by atoms with Gasteiger partial charge in [0.1, 0.15) is 6.33 Å². The van der Waals surface area contributed by atoms with Gasteiger partial charge in [0.15, 0.2) is 0 Å². The summed E-state index contributed by atoms with van der Waals surface area (Å²) in [7, 11) is -3.37. The van der Waals surface area contributed by atoms with Crippen LogP contribution >= 0.6 is 0 Å². The molecule has 10 nitrogen and oxygen atoms in total. The predicted octanol–water partition coefficient (Wildman–Crippen LogP) is 3.64. The van der Waals surface area contributed by atoms with Gasteiger partial charge >= 0.3 is 0 Å². The number of nitrogens with zero attached hydrogens (tertiary/aromatic N) is 5. The fourth-order valence-corrected chi connectivity index (χ4v) is 7.56. The molecule has 0 radical (unpaired) electrons. The largest absolute Gasteiger partial charge is 0.364 e. The molecule has 0 unspecified atom stereocenters. The second-order valence-corrected chi connectivity index (χ2v) is 14.6. The molecule has 3 N–H and O–H groups in total. The molecule has 5 rings (SSSR count). The lowest BCUT2D eigenvalue weighted by molar-refractivity contribution is 0.0170. The number of hydrogen-bond acceptors (Lipinski definition) is 8. The first-order valence-electron chi connectivity index (χ1n) is 16.0. The third kappa shape index (κ3) is 8.07. The SMILES string of the molecule is Cc1ncnc(C)c1C(=O)N1CCC(C)(N2CCC(N(Cc3ccccc3)c3ccc(CNS(=O)(=O)CCN)cc3)CC2)CC1. The summed E-state index contributed by atoms with van der Waals surface area (Å²) in [6.07, 6.45) is 5.50. The fourth-order valence-electron chi connectivity index (χ4n) is 6.72. The van der Waals surface area contributed by atoms with Crippen molar-refractivity contribution in [3.05, 3.63) is 89.0 Å². The lowest BCUT2D eigenvalue weighted by atomic mass is 9.85. The molecule has 242 valence electrons. The minimum atomic E-state index is -3.37. The molecule has 0 atom stereocenters. The Morgan fingerprint density at radius 1 is 0.956 bits per heavy atom. The van der Waals surface area contributed by atoms with Gasteiger partial charge in [-0.25, -0.2) is 23.1 Å². The molecule has 1 amide bonds. The number of benzene rings is 2. The molecule has 3 heterocycles. The number of nitrogens with two attached hydrogens (primary N) is 1. The molecule has 2 aromatic carbocycles. The van der Waals surface area contributed by atoms with Crippen LogP contribution in [-0.2, 0) is 23.1 Å². The van der Waals surface area contributed by atoms with Crippen molar-refractivity contribution >= 4 is 21.6 Å². The number of amides is 1. The molecule has 0 aliphatic carbocycles. The highest BCUT2D eigenvalue weighted by Crippen LogP contribution is 2.34. The summed E-state index contributed by atoms with van der Waals surface area (Å²) < 4.78 is 26.7. The van der Waals surface area contributed by atoms with E-state index in [1.54, 1.807) is 0 Å². The van der Waals surface area contributed by atoms with Gasteiger partial charge in [-0.05, 0) is 69.7 Å². The molecule has 2 saturated heterocycles. The number of aromatic nitrogens is 2. The predicted molar refractivity (Wildman–Crippen MR) is 178 cm³/mol. The number of nitrogens with one attached hydrogen (secondary N) is 1. The molecule has 45 heavy (non-hydrogen) atoms. The molecule has 0 spiro atoms. The average molecular weight is 634 g/mol. The summed E-state index contributed by atoms with van der Waals surface area (Å²) in [5.41, 5.74) is 10.9. The number of piperidine rings is 2. The quantitative estimate of drug-likeness (QED) is 0.328. The molecule has 2 fully saturated rings. The Balaban J connectivity index is 1.22. The number of sulfonamides is 1. The van der Waals surface area contributed by atoms with E-state index in [0.717, 1.165) is 81.0 Å². The van der Waals surface area contributed by atoms with Crippen molar-refractivity contribution < 1.29 is 13.2 Å². The highest BCUT2D eigenvalue weighted by atomic mass is 32.2. The van der Waals surface area contributed by atoms with E-state index in [9.17, 15) is 13.2 Å². The van der Waals surface area contributed by atoms with Crippen molar-refractivity contribution in [3.8, 4) is 0 Å². The van der Waals surface area contributed by atoms with Crippen LogP contribution in [0.2, 0.25) is 0 Å². The van der Waals surface area contributed by atoms with E-state index in [1.807, 2.05) is 36.9 Å². The van der Waals surface area contributed by atoms with E-state index in [-0.39, 0.29) is 30.3 Å². The van der Waals surface area contributed by atoms with E-state index < -0.39 is 10.0 Å². The van der Waals surface area contributed by atoms with Crippen LogP contribution in [0.15, 0.2) is 60.9 Å². The van der Waals surface area contributed by atoms with Crippen molar-refractivity contribution in [2.75, 3.05) is 43.4 Å². The van der Waals surface area contributed by atoms with Crippen LogP contribution in [0.25, 0.3) is 0 Å². The summed E-state index contributed by atoms with van der Waals surface area (Å²) in [6, 6.07) is 19.2. The Hall–Kier alpha value is -3.38. The second-order valence-electron chi connectivity index (χ2n) is 12.6. The first kappa shape index (κ1) is 33.0. The summed E-state index contributed by atoms with van der Waals surface area (Å²) in [6.45, 7) is 10.8. The summed E-state index contributed by atoms with van der Waals surface area (Å²) in [5, 5.41) is 0. The molecule has 1 aromatic heterocycles. The Morgan fingerprint density at radius 3 is 2.18 bits per heavy atom. The molecular weight excluding hydrogens is 586 g/mol. The topological polar surface area (TPSA) is 125 Å². The standard InChI is InChI=1S/C34H47N7O3S/c1-26-32(27(2)37-25-36-26)33(42)39-20-15-34(3,16-21-39)40-18-13-31(14-19-40)41(24-29-7-5-4-6-8-29)30-11-9-28(10-12-30)23-38-45(43,44)22-17-35/h4-12,25,31,38H,13-24,35H2,1-3H3. The van der Waals surface area contributed by atoms with Crippen LogP contribution in [0.1, 0.15) is 65.5 Å². The first-order valence-corrected chi connectivity index (χ1v) is 17.6. The zero-order chi connectivity index (χ0) is 32.0. The molecule has 11 heteroatoms. The monoisotopic (exact) mass is 633 g/mol. The number of carbonyl (C=O) groups excluding carboxylic acids is 1. The van der Waals surface area contributed by atoms with Crippen LogP contribution in [0.3, 0.4) is 0 Å². The normalized spacial score (nSPS) is 17.7. The van der Waals surface area contributed by atoms with E-state index in [4.69, 9.17) is 5.73 Å². The van der Waals surface area contributed by atoms with Crippen molar-refractivity contribution in [1.29, 1.82) is 0 Å². The van der Waals surface area contributed by atoms with E-state index in [0.29, 0.717) is 11.6 Å². The van der Waals surface area contributed by atoms with Crippen LogP contribution in [0.4, 0.5) is 5.69 Å². The molecule has 2 aliphatic heterocycles. The van der Waals surface area contributed by atoms with E-state index in [1.165, 1.54) is 11.9 Å². The lowest BCUT2D eigenvalue weighted by Gasteiger charge is -2.50. The minimum Gasteiger partial charge on any atom is -0.364 e. The maximum absolute atomic E-state index is 13.4. The van der Waals surface area contributed by atoms with Crippen LogP contribution in [0.5, 0.6) is 0 Å². The number of carbonyl (C=O) groups is 1. The van der Waals surface area contributed by atoms with Crippen molar-refractivity contribution in [2.24, 2.45) is 5.73 Å². The third-order valence-corrected chi connectivity index (χ3v) is 10.9. The zero-order valence-electron chi connectivity index (χ0n) is 26.8. The van der Waals surface area contributed by atoms with Crippen molar-refractivity contribution in [1.82, 2.24) is 24.5 Å². The van der Waals surface area contributed by atoms with Crippen molar-refractivity contribution in [2.45, 2.75) is 71.1 Å². The summed E-state index contributed by atoms with van der Waals surface area (Å²) in [4.78, 5) is 29.0.